The maximum absolute atomic E-state index is 5.06. The number of nitrogens with zero attached hydrogens (tertiary/aromatic N) is 8. The molecule has 12 aromatic heterocycles. The molecule has 544 valence electrons. The van der Waals surface area contributed by atoms with Crippen LogP contribution < -0.4 is 0 Å². The molecule has 20 aromatic rings. The summed E-state index contributed by atoms with van der Waals surface area (Å²) in [6.07, 6.45) is 11.1. The number of imidazole rings is 4. The van der Waals surface area contributed by atoms with Crippen LogP contribution in [0.1, 0.15) is 11.4 Å². The van der Waals surface area contributed by atoms with E-state index in [4.69, 9.17) is 19.9 Å². The number of halogens is 6. The summed E-state index contributed by atoms with van der Waals surface area (Å²) in [7, 11) is 0. The molecule has 0 aliphatic carbocycles. The number of aromatic nitrogens is 16. The van der Waals surface area contributed by atoms with Gasteiger partial charge in [0.1, 0.15) is 34.7 Å². The minimum Gasteiger partial charge on any atom is -0.360 e. The van der Waals surface area contributed by atoms with Crippen LogP contribution in [0.2, 0.25) is 0 Å². The Bertz CT molecular complexity index is 6460. The summed E-state index contributed by atoms with van der Waals surface area (Å²) in [4.78, 5) is 65.6. The molecule has 0 aliphatic rings. The summed E-state index contributed by atoms with van der Waals surface area (Å²) in [6.45, 7) is 4.16. The van der Waals surface area contributed by atoms with Gasteiger partial charge in [-0.05, 0) is 159 Å². The van der Waals surface area contributed by atoms with Crippen LogP contribution in [-0.2, 0) is 0 Å². The van der Waals surface area contributed by atoms with Gasteiger partial charge in [0, 0.05) is 164 Å². The van der Waals surface area contributed by atoms with Crippen molar-refractivity contribution in [2.75, 3.05) is 0 Å². The van der Waals surface area contributed by atoms with Crippen LogP contribution in [0.25, 0.3) is 180 Å². The number of rotatable bonds is 12. The molecule has 8 N–H and O–H groups in total. The lowest BCUT2D eigenvalue weighted by Gasteiger charge is -2.04. The first-order valence-electron chi connectivity index (χ1n) is 35.6. The lowest BCUT2D eigenvalue weighted by Crippen LogP contribution is -1.88. The molecule has 0 bridgehead atoms. The van der Waals surface area contributed by atoms with Gasteiger partial charge >= 0.3 is 0 Å². The lowest BCUT2D eigenvalue weighted by atomic mass is 10.1. The Morgan fingerprint density at radius 2 is 0.562 bits per heavy atom. The molecule has 0 unspecified atom stereocenters. The minimum atomic E-state index is 0.778. The number of para-hydroxylation sites is 2. The molecular weight excluding hydrogens is 1780 g/mol. The first kappa shape index (κ1) is 73.1. The quantitative estimate of drug-likeness (QED) is 0.0585. The molecule has 0 amide bonds. The van der Waals surface area contributed by atoms with Crippen molar-refractivity contribution in [1.29, 1.82) is 0 Å². The Labute approximate surface area is 692 Å². The monoisotopic (exact) mass is 1840 g/mol. The zero-order valence-corrected chi connectivity index (χ0v) is 69.1. The van der Waals surface area contributed by atoms with Crippen LogP contribution in [0.15, 0.2) is 319 Å². The molecule has 0 spiro atoms. The summed E-state index contributed by atoms with van der Waals surface area (Å²) in [5.41, 5.74) is 25.6. The van der Waals surface area contributed by atoms with Crippen LogP contribution in [0.4, 0.5) is 0 Å². The van der Waals surface area contributed by atoms with E-state index >= 15 is 0 Å². The predicted molar refractivity (Wildman–Crippen MR) is 474 cm³/mol. The van der Waals surface area contributed by atoms with E-state index in [9.17, 15) is 0 Å². The molecule has 0 atom stereocenters. The second-order valence-corrected chi connectivity index (χ2v) is 31.7. The third-order valence-corrected chi connectivity index (χ3v) is 22.1. The predicted octanol–water partition coefficient (Wildman–Crippen LogP) is 26.3. The largest absolute Gasteiger partial charge is 0.360 e. The molecule has 0 saturated carbocycles. The van der Waals surface area contributed by atoms with Gasteiger partial charge in [-0.2, -0.15) is 0 Å². The van der Waals surface area contributed by atoms with Gasteiger partial charge in [-0.1, -0.05) is 205 Å². The van der Waals surface area contributed by atoms with Crippen molar-refractivity contribution < 1.29 is 0 Å². The number of pyridine rings is 4. The lowest BCUT2D eigenvalue weighted by molar-refractivity contribution is 1.24. The normalized spacial score (nSPS) is 11.2. The van der Waals surface area contributed by atoms with Gasteiger partial charge in [-0.15, -0.1) is 0 Å². The molecule has 112 heavy (non-hydrogen) atoms. The second kappa shape index (κ2) is 32.3. The first-order chi connectivity index (χ1) is 54.8. The highest BCUT2D eigenvalue weighted by molar-refractivity contribution is 9.11. The van der Waals surface area contributed by atoms with Crippen LogP contribution in [-0.4, -0.2) is 79.7 Å². The topological polar surface area (TPSA) is 229 Å². The van der Waals surface area contributed by atoms with Crippen molar-refractivity contribution in [3.05, 3.63) is 330 Å². The minimum absolute atomic E-state index is 0.778. The summed E-state index contributed by atoms with van der Waals surface area (Å²) in [5, 5.41) is 4.53. The molecule has 20 rings (SSSR count). The van der Waals surface area contributed by atoms with Crippen molar-refractivity contribution in [3.8, 4) is 136 Å². The van der Waals surface area contributed by atoms with Crippen LogP contribution in [0.3, 0.4) is 0 Å². The molecule has 0 aliphatic heterocycles. The van der Waals surface area contributed by atoms with Gasteiger partial charge in [-0.3, -0.25) is 19.9 Å². The highest BCUT2D eigenvalue weighted by atomic mass is 79.9. The molecule has 16 nitrogen and oxygen atoms in total. The molecule has 8 aromatic carbocycles. The average Bonchev–Trinajstić information content (AvgIpc) is 1.75. The molecule has 22 heteroatoms. The maximum atomic E-state index is 5.06. The molecular formula is C90H62Br6N16. The number of H-pyrrole nitrogens is 8. The van der Waals surface area contributed by atoms with Gasteiger partial charge in [-0.25, -0.2) is 19.9 Å². The third-order valence-electron chi connectivity index (χ3n) is 19.0. The maximum Gasteiger partial charge on any atom is 0.141 e. The summed E-state index contributed by atoms with van der Waals surface area (Å²) < 4.78 is 6.26. The third kappa shape index (κ3) is 15.3. The Hall–Kier alpha value is -11.8. The van der Waals surface area contributed by atoms with Crippen molar-refractivity contribution in [1.82, 2.24) is 79.7 Å². The van der Waals surface area contributed by atoms with E-state index in [-0.39, 0.29) is 0 Å². The highest BCUT2D eigenvalue weighted by Crippen LogP contribution is 2.42. The number of hydrogen-bond donors (Lipinski definition) is 8. The number of nitrogens with one attached hydrogen (secondary N) is 8. The fraction of sp³-hybridized carbons (Fsp3) is 0.0222. The van der Waals surface area contributed by atoms with E-state index in [2.05, 4.69) is 278 Å². The fourth-order valence-corrected chi connectivity index (χ4v) is 15.6. The van der Waals surface area contributed by atoms with Gasteiger partial charge in [0.05, 0.1) is 56.9 Å². The summed E-state index contributed by atoms with van der Waals surface area (Å²) in [5.74, 6) is 3.30. The van der Waals surface area contributed by atoms with Crippen LogP contribution in [0, 0.1) is 13.8 Å². The van der Waals surface area contributed by atoms with Gasteiger partial charge < -0.3 is 39.9 Å². The molecule has 0 saturated heterocycles. The molecule has 12 heterocycles. The number of fused-ring (bicyclic) bond motifs is 4. The zero-order valence-electron chi connectivity index (χ0n) is 59.6. The Kier molecular flexibility index (Phi) is 21.1. The highest BCUT2D eigenvalue weighted by Gasteiger charge is 2.25. The van der Waals surface area contributed by atoms with E-state index in [1.165, 1.54) is 5.39 Å². The molecule has 0 fully saturated rings. The summed E-state index contributed by atoms with van der Waals surface area (Å²) in [6, 6.07) is 85.4. The van der Waals surface area contributed by atoms with Gasteiger partial charge in [0.25, 0.3) is 0 Å². The second-order valence-electron chi connectivity index (χ2n) is 26.2. The van der Waals surface area contributed by atoms with E-state index in [0.29, 0.717) is 0 Å². The number of aryl methyl sites for hydroxylation is 2. The van der Waals surface area contributed by atoms with Crippen LogP contribution >= 0.6 is 95.6 Å². The number of aromatic amines is 8. The smallest absolute Gasteiger partial charge is 0.141 e. The van der Waals surface area contributed by atoms with Gasteiger partial charge in [0.15, 0.2) is 0 Å². The van der Waals surface area contributed by atoms with Crippen molar-refractivity contribution >= 4 is 139 Å². The van der Waals surface area contributed by atoms with E-state index in [1.54, 1.807) is 24.8 Å². The van der Waals surface area contributed by atoms with Crippen molar-refractivity contribution in [3.63, 3.8) is 0 Å². The summed E-state index contributed by atoms with van der Waals surface area (Å²) >= 11 is 21.2. The number of benzene rings is 8. The average molecular weight is 1850 g/mol. The number of hydrogen-bond acceptors (Lipinski definition) is 8. The molecule has 0 radical (unpaired) electrons. The van der Waals surface area contributed by atoms with Gasteiger partial charge in [0.2, 0.25) is 0 Å². The van der Waals surface area contributed by atoms with E-state index < -0.39 is 0 Å². The SMILES string of the molecule is Brc1ccc(-c2nc(-c3c[nH]c4ccc(Br)cc34)[nH]c2-c2ccc(Br)cc2)cc1.Brc1ccc2[nH]cc(-c3nc(-c4ccccn4)c(-c4ccccn4)[nH]3)c2c1.Cc1[nH]c2ccccc2c1-c1nc(-c2ccc(Br)cc2)c(-c2ccc(Br)cc2)[nH]1.Cc1[nH]c2ccccc2c1-c1nc(-c2ccccn2)c(-c2ccccn2)[nH]1. The zero-order chi connectivity index (χ0) is 76.3. The fourth-order valence-electron chi connectivity index (χ4n) is 13.8. The van der Waals surface area contributed by atoms with Crippen molar-refractivity contribution in [2.45, 2.75) is 13.8 Å². The Balaban J connectivity index is 0.000000108. The van der Waals surface area contributed by atoms with E-state index in [1.807, 2.05) is 158 Å². The van der Waals surface area contributed by atoms with E-state index in [0.717, 1.165) is 213 Å². The van der Waals surface area contributed by atoms with Crippen LogP contribution in [0.5, 0.6) is 0 Å². The first-order valence-corrected chi connectivity index (χ1v) is 40.3. The van der Waals surface area contributed by atoms with Crippen molar-refractivity contribution in [2.24, 2.45) is 0 Å². The Morgan fingerprint density at radius 1 is 0.250 bits per heavy atom. The Morgan fingerprint density at radius 3 is 0.955 bits per heavy atom. The standard InChI is InChI=1S/C24H17Br2N3.C23H14Br3N3.C22H17N5.C21H14BrN5/c1-14-21(19-4-2-3-5-20(19)27-14)24-28-22(15-6-10-17(25)11-7-15)23(29-24)16-8-12-18(26)13-9-16;24-15-5-1-13(2-6-15)21-22(14-3-7-16(25)8-4-14)29-23(28-21)19-12-27-20-10-9-17(26)11-18(19)20;1-14-19(15-8-2-3-9-16(15)25-14)22-26-20(17-10-4-6-12-23-17)21(27-22)18-11-5-7-13-24-18;22-13-7-8-16-14(11-13)15(12-25-16)21-26-19(17-5-1-3-9-23-17)20(27-21)18-6-2-4-10-24-18/h2-13,27H,1H3,(H,28,29);1-12,27H,(H,28,29);2-13,25H,1H3,(H,26,27);1-12,25H,(H,26,27).